The zero-order valence-corrected chi connectivity index (χ0v) is 70.6. The van der Waals surface area contributed by atoms with Crippen LogP contribution in [0.4, 0.5) is 13.2 Å². The Morgan fingerprint density at radius 2 is 0.600 bits per heavy atom. The van der Waals surface area contributed by atoms with E-state index in [1.165, 1.54) is 127 Å². The number of fused-ring (bicyclic) bond motifs is 30. The Morgan fingerprint density at radius 1 is 0.283 bits per heavy atom. The lowest BCUT2D eigenvalue weighted by Gasteiger charge is -2.16. The van der Waals surface area contributed by atoms with E-state index in [-0.39, 0.29) is 5.39 Å². The van der Waals surface area contributed by atoms with Crippen LogP contribution in [-0.2, 0) is 41.4 Å². The van der Waals surface area contributed by atoms with Crippen molar-refractivity contribution < 1.29 is 40.7 Å². The van der Waals surface area contributed by atoms with Gasteiger partial charge in [-0.15, -0.1) is 0 Å². The van der Waals surface area contributed by atoms with Gasteiger partial charge in [-0.2, -0.15) is 13.2 Å². The summed E-state index contributed by atoms with van der Waals surface area (Å²) in [6.07, 6.45) is 13.8. The third-order valence-corrected chi connectivity index (χ3v) is 24.0. The lowest BCUT2D eigenvalue weighted by atomic mass is 9.89. The average Bonchev–Trinajstić information content (AvgIpc) is 0.722. The third-order valence-electron chi connectivity index (χ3n) is 24.0. The minimum atomic E-state index is -4.46. The third kappa shape index (κ3) is 13.0. The van der Waals surface area contributed by atoms with E-state index in [0.717, 1.165) is 106 Å². The first-order chi connectivity index (χ1) is 57.8. The Morgan fingerprint density at radius 3 is 1.01 bits per heavy atom. The van der Waals surface area contributed by atoms with Crippen LogP contribution in [0, 0.1) is 69.2 Å². The highest BCUT2D eigenvalue weighted by molar-refractivity contribution is 6.29. The fourth-order valence-electron chi connectivity index (χ4n) is 18.5. The highest BCUT2D eigenvalue weighted by atomic mass is 19.4. The van der Waals surface area contributed by atoms with Crippen LogP contribution in [0.3, 0.4) is 0 Å². The normalized spacial score (nSPS) is 11.8. The average molecular weight is 1590 g/mol. The molecule has 0 aliphatic rings. The van der Waals surface area contributed by atoms with Crippen LogP contribution in [0.1, 0.15) is 87.2 Å². The Kier molecular flexibility index (Phi) is 20.2. The summed E-state index contributed by atoms with van der Waals surface area (Å²) in [6, 6.07) is 53.6. The van der Waals surface area contributed by atoms with Crippen molar-refractivity contribution in [1.29, 1.82) is 0 Å². The maximum atomic E-state index is 13.7. The fraction of sp³-hybridized carbons (Fsp3) is 0.198. The standard InChI is InChI=1S/C23H18N3.C21H22N3.C19H15F3N3.C19H18N3O.C19H18N3/c1-15-20-22(25-14-24-15)21-17(16-8-4-3-5-9-16)10-6-11-18(21)19-12-7-13-26(2)23(19)20;1-12(2)15-9-8-13(3)17-16-7-6-10-24(5)21(16)18-14(4)22-11-23-20(18)19(15)17;1-10-6-7-13(19(20,21)22)16-14(10)12-5-4-8-25(3)18(12)15-11(2)23-9-24-17(15)16;1-11-7-8-14(23-4)17-15(11)13-6-5-9-22(3)19(13)16-12(2)20-10-21-18(16)17;1-11-7-8-12(2)16-15(11)14-6-5-9-22(4)19(14)17-13(3)20-10-21-18(16)17/h3-14H,1-2H3;6-12H,1-5H3;4-9H,1-3H3;5-10H,1-4H3;5-10H,1-4H3/q5*+1. The maximum Gasteiger partial charge on any atom is 0.417 e. The number of ether oxygens (including phenoxy) is 1. The van der Waals surface area contributed by atoms with Crippen LogP contribution in [0.15, 0.2) is 220 Å². The van der Waals surface area contributed by atoms with Gasteiger partial charge in [0.05, 0.1) is 128 Å². The fourth-order valence-corrected chi connectivity index (χ4v) is 18.5. The predicted molar refractivity (Wildman–Crippen MR) is 477 cm³/mol. The van der Waals surface area contributed by atoms with Crippen LogP contribution in [0.25, 0.3) is 174 Å². The number of aromatic nitrogens is 15. The molecule has 11 aromatic carbocycles. The van der Waals surface area contributed by atoms with Gasteiger partial charge < -0.3 is 4.74 Å². The zero-order chi connectivity index (χ0) is 84.2. The summed E-state index contributed by atoms with van der Waals surface area (Å²) >= 11 is 0. The van der Waals surface area contributed by atoms with Gasteiger partial charge in [0, 0.05) is 73.4 Å². The summed E-state index contributed by atoms with van der Waals surface area (Å²) in [7, 11) is 11.9. The van der Waals surface area contributed by atoms with E-state index < -0.39 is 11.7 Å². The summed E-state index contributed by atoms with van der Waals surface area (Å²) < 4.78 is 57.4. The number of aryl methyl sites for hydroxylation is 15. The van der Waals surface area contributed by atoms with E-state index in [0.29, 0.717) is 27.9 Å². The molecule has 10 aromatic heterocycles. The van der Waals surface area contributed by atoms with Crippen LogP contribution >= 0.6 is 0 Å². The van der Waals surface area contributed by atoms with Gasteiger partial charge in [0.2, 0.25) is 27.6 Å². The molecule has 120 heavy (non-hydrogen) atoms. The van der Waals surface area contributed by atoms with Crippen molar-refractivity contribution in [3.8, 4) is 16.9 Å². The molecule has 0 aliphatic carbocycles. The number of hydrogen-bond donors (Lipinski definition) is 0. The second-order valence-electron chi connectivity index (χ2n) is 31.8. The van der Waals surface area contributed by atoms with E-state index >= 15 is 0 Å². The molecule has 0 saturated heterocycles. The van der Waals surface area contributed by atoms with Crippen molar-refractivity contribution in [3.63, 3.8) is 0 Å². The molecule has 0 saturated carbocycles. The van der Waals surface area contributed by atoms with Gasteiger partial charge in [0.1, 0.15) is 72.6 Å². The van der Waals surface area contributed by atoms with Crippen molar-refractivity contribution in [1.82, 2.24) is 49.8 Å². The molecular weight excluding hydrogens is 1500 g/mol. The molecule has 0 aliphatic heterocycles. The van der Waals surface area contributed by atoms with Gasteiger partial charge in [-0.25, -0.2) is 72.7 Å². The summed E-state index contributed by atoms with van der Waals surface area (Å²) in [5.41, 5.74) is 23.7. The number of methoxy groups -OCH3 is 1. The molecule has 592 valence electrons. The first kappa shape index (κ1) is 78.6. The smallest absolute Gasteiger partial charge is 0.417 e. The maximum absolute atomic E-state index is 13.7. The second kappa shape index (κ2) is 30.8. The van der Waals surface area contributed by atoms with Crippen molar-refractivity contribution in [2.24, 2.45) is 35.2 Å². The molecule has 0 radical (unpaired) electrons. The van der Waals surface area contributed by atoms with E-state index in [2.05, 4.69) is 301 Å². The summed E-state index contributed by atoms with van der Waals surface area (Å²) in [5, 5.41) is 21.5. The topological polar surface area (TPSA) is 158 Å². The molecule has 0 fully saturated rings. The molecule has 0 atom stereocenters. The Bertz CT molecular complexity index is 7740. The van der Waals surface area contributed by atoms with E-state index in [1.807, 2.05) is 49.9 Å². The molecule has 21 aromatic rings. The zero-order valence-electron chi connectivity index (χ0n) is 70.6. The van der Waals surface area contributed by atoms with Crippen LogP contribution in [-0.4, -0.2) is 56.9 Å². The molecule has 0 spiro atoms. The first-order valence-corrected chi connectivity index (χ1v) is 40.2. The number of halogens is 3. The molecule has 0 amide bonds. The van der Waals surface area contributed by atoms with Crippen molar-refractivity contribution in [2.75, 3.05) is 7.11 Å². The number of alkyl halides is 3. The Hall–Kier alpha value is -13.9. The van der Waals surface area contributed by atoms with E-state index in [1.54, 1.807) is 39.3 Å². The largest absolute Gasteiger partial charge is 0.496 e. The number of benzene rings is 11. The lowest BCUT2D eigenvalue weighted by Crippen LogP contribution is -2.28. The Balaban J connectivity index is 0.000000107. The lowest BCUT2D eigenvalue weighted by molar-refractivity contribution is -0.644. The van der Waals surface area contributed by atoms with Crippen molar-refractivity contribution >= 4 is 163 Å². The molecule has 19 heteroatoms. The van der Waals surface area contributed by atoms with Gasteiger partial charge in [0.15, 0.2) is 31.0 Å². The number of nitrogens with zero attached hydrogens (tertiary/aromatic N) is 15. The number of hydrogen-bond acceptors (Lipinski definition) is 11. The van der Waals surface area contributed by atoms with Gasteiger partial charge in [0.25, 0.3) is 0 Å². The molecule has 21 rings (SSSR count). The van der Waals surface area contributed by atoms with Gasteiger partial charge in [-0.3, -0.25) is 0 Å². The number of rotatable bonds is 3. The van der Waals surface area contributed by atoms with Crippen molar-refractivity contribution in [3.05, 3.63) is 288 Å². The number of pyridine rings is 5. The highest BCUT2D eigenvalue weighted by Gasteiger charge is 2.36. The summed E-state index contributed by atoms with van der Waals surface area (Å²) in [5.74, 6) is 1.29. The second-order valence-corrected chi connectivity index (χ2v) is 31.8. The Labute approximate surface area is 691 Å². The van der Waals surface area contributed by atoms with Crippen molar-refractivity contribution in [2.45, 2.75) is 95.2 Å². The molecule has 0 N–H and O–H groups in total. The molecule has 0 bridgehead atoms. The first-order valence-electron chi connectivity index (χ1n) is 40.2. The minimum Gasteiger partial charge on any atom is -0.496 e. The van der Waals surface area contributed by atoms with Gasteiger partial charge in [-0.05, 0) is 168 Å². The molecular formula is C101H91F3N15O+5. The quantitative estimate of drug-likeness (QED) is 0.122. The van der Waals surface area contributed by atoms with Crippen LogP contribution < -0.4 is 27.6 Å². The molecule has 0 unspecified atom stereocenters. The van der Waals surface area contributed by atoms with E-state index in [4.69, 9.17) is 14.7 Å². The van der Waals surface area contributed by atoms with Gasteiger partial charge in [-0.1, -0.05) is 98.8 Å². The monoisotopic (exact) mass is 1590 g/mol. The molecule has 16 nitrogen and oxygen atoms in total. The molecule has 10 heterocycles. The SMILES string of the molecule is COc1ccc(C)c2c3ccc[n+](C)c3c3c(C)ncnc3c12.Cc1ccc(C(C)C)c2c3ncnc(C)c3c3c(ccc[n+]3C)c12.Cc1ccc(C(F)(F)F)c2c3ncnc(C)c3c3c(ccc[n+]3C)c12.Cc1ccc(C)c2c3ncnc(C)c3c3c(ccc[n+]3C)c12.Cc1ncnc2c3c(-c4ccccc4)cccc3c3ccc[n+](C)c3c12. The van der Waals surface area contributed by atoms with Gasteiger partial charge >= 0.3 is 6.18 Å². The highest BCUT2D eigenvalue weighted by Crippen LogP contribution is 2.46. The van der Waals surface area contributed by atoms with Crippen LogP contribution in [0.2, 0.25) is 0 Å². The van der Waals surface area contributed by atoms with Crippen LogP contribution in [0.5, 0.6) is 5.75 Å². The predicted octanol–water partition coefficient (Wildman–Crippen LogP) is 20.7. The minimum absolute atomic E-state index is 0.145. The van der Waals surface area contributed by atoms with E-state index in [9.17, 15) is 13.2 Å². The summed E-state index contributed by atoms with van der Waals surface area (Å²) in [4.78, 5) is 45.0. The summed E-state index contributed by atoms with van der Waals surface area (Å²) in [6.45, 7) is 25.0.